The molecule has 3 aromatic rings. The van der Waals surface area contributed by atoms with Crippen molar-refractivity contribution in [2.24, 2.45) is 5.92 Å². The van der Waals surface area contributed by atoms with E-state index < -0.39 is 0 Å². The molecule has 0 saturated carbocycles. The van der Waals surface area contributed by atoms with Crippen LogP contribution in [0.25, 0.3) is 10.9 Å². The molecular formula is C20H22N4O2. The van der Waals surface area contributed by atoms with Crippen LogP contribution in [0.4, 0.5) is 0 Å². The summed E-state index contributed by atoms with van der Waals surface area (Å²) in [4.78, 5) is 15.5. The second-order valence-corrected chi connectivity index (χ2v) is 6.89. The molecule has 26 heavy (non-hydrogen) atoms. The number of nitriles is 1. The summed E-state index contributed by atoms with van der Waals surface area (Å²) in [5.41, 5.74) is 4.57. The third kappa shape index (κ3) is 3.77. The number of fused-ring (bicyclic) bond motifs is 1. The average Bonchev–Trinajstić information content (AvgIpc) is 3.18. The molecule has 6 nitrogen and oxygen atoms in total. The first kappa shape index (κ1) is 17.7. The second kappa shape index (κ2) is 7.44. The second-order valence-electron chi connectivity index (χ2n) is 6.89. The zero-order chi connectivity index (χ0) is 18.7. The number of H-pyrrole nitrogens is 1. The van der Waals surface area contributed by atoms with E-state index in [1.165, 1.54) is 0 Å². The number of hydrogen-bond acceptors (Lipinski definition) is 4. The number of aromatic amines is 1. The Labute approximate surface area is 152 Å². The van der Waals surface area contributed by atoms with Crippen molar-refractivity contribution >= 4 is 16.8 Å². The molecule has 0 aliphatic rings. The Morgan fingerprint density at radius 1 is 1.38 bits per heavy atom. The monoisotopic (exact) mass is 350 g/mol. The molecule has 0 radical (unpaired) electrons. The van der Waals surface area contributed by atoms with Gasteiger partial charge < -0.3 is 14.8 Å². The Bertz CT molecular complexity index is 976. The fourth-order valence-electron chi connectivity index (χ4n) is 3.10. The number of benzene rings is 1. The summed E-state index contributed by atoms with van der Waals surface area (Å²) in [7, 11) is 0. The van der Waals surface area contributed by atoms with Crippen LogP contribution in [0.3, 0.4) is 0 Å². The van der Waals surface area contributed by atoms with Crippen LogP contribution in [0.2, 0.25) is 0 Å². The highest BCUT2D eigenvalue weighted by atomic mass is 16.5. The topological polar surface area (TPSA) is 94.7 Å². The van der Waals surface area contributed by atoms with Gasteiger partial charge in [0.05, 0.1) is 17.3 Å². The van der Waals surface area contributed by atoms with Gasteiger partial charge in [-0.25, -0.2) is 0 Å². The maximum absolute atomic E-state index is 12.2. The van der Waals surface area contributed by atoms with Crippen LogP contribution in [0.5, 0.6) is 0 Å². The van der Waals surface area contributed by atoms with Crippen LogP contribution in [-0.4, -0.2) is 22.6 Å². The molecule has 0 saturated heterocycles. The standard InChI is InChI=1S/C20H22N4O2/c1-12(2)8-15-10-19(26-24-15)20(25)22-7-6-16-13(3)23-18-5-4-14(11-21)9-17(16)18/h4-5,9-10,12,23H,6-8H2,1-3H3,(H,22,25). The van der Waals surface area contributed by atoms with Crippen LogP contribution in [0.15, 0.2) is 28.8 Å². The van der Waals surface area contributed by atoms with Gasteiger partial charge in [0, 0.05) is 29.2 Å². The van der Waals surface area contributed by atoms with Gasteiger partial charge in [0.15, 0.2) is 0 Å². The van der Waals surface area contributed by atoms with Crippen LogP contribution >= 0.6 is 0 Å². The Morgan fingerprint density at radius 2 is 2.19 bits per heavy atom. The SMILES string of the molecule is Cc1[nH]c2ccc(C#N)cc2c1CCNC(=O)c1cc(CC(C)C)no1. The maximum atomic E-state index is 12.2. The van der Waals surface area contributed by atoms with Crippen LogP contribution in [-0.2, 0) is 12.8 Å². The van der Waals surface area contributed by atoms with E-state index in [0.29, 0.717) is 24.4 Å². The summed E-state index contributed by atoms with van der Waals surface area (Å²) in [6.07, 6.45) is 1.45. The summed E-state index contributed by atoms with van der Waals surface area (Å²) >= 11 is 0. The molecule has 0 fully saturated rings. The largest absolute Gasteiger partial charge is 0.358 e. The normalized spacial score (nSPS) is 11.0. The van der Waals surface area contributed by atoms with Gasteiger partial charge >= 0.3 is 0 Å². The first-order chi connectivity index (χ1) is 12.5. The number of nitrogens with one attached hydrogen (secondary N) is 2. The minimum Gasteiger partial charge on any atom is -0.358 e. The van der Waals surface area contributed by atoms with Crippen molar-refractivity contribution in [2.75, 3.05) is 6.54 Å². The third-order valence-corrected chi connectivity index (χ3v) is 4.31. The quantitative estimate of drug-likeness (QED) is 0.711. The van der Waals surface area contributed by atoms with E-state index in [-0.39, 0.29) is 11.7 Å². The van der Waals surface area contributed by atoms with Crippen molar-refractivity contribution < 1.29 is 9.32 Å². The van der Waals surface area contributed by atoms with Crippen LogP contribution in [0.1, 0.15) is 46.9 Å². The highest BCUT2D eigenvalue weighted by molar-refractivity contribution is 5.91. The number of aromatic nitrogens is 2. The maximum Gasteiger partial charge on any atom is 0.289 e. The van der Waals surface area contributed by atoms with E-state index in [2.05, 4.69) is 35.4 Å². The van der Waals surface area contributed by atoms with Gasteiger partial charge in [-0.05, 0) is 49.4 Å². The van der Waals surface area contributed by atoms with Crippen LogP contribution in [0, 0.1) is 24.2 Å². The smallest absolute Gasteiger partial charge is 0.289 e. The summed E-state index contributed by atoms with van der Waals surface area (Å²) in [6.45, 7) is 6.66. The molecule has 0 aliphatic carbocycles. The van der Waals surface area contributed by atoms with Gasteiger partial charge in [-0.1, -0.05) is 19.0 Å². The predicted octanol–water partition coefficient (Wildman–Crippen LogP) is 3.51. The zero-order valence-electron chi connectivity index (χ0n) is 15.2. The van der Waals surface area contributed by atoms with Gasteiger partial charge in [-0.3, -0.25) is 4.79 Å². The van der Waals surface area contributed by atoms with Crippen molar-refractivity contribution in [1.82, 2.24) is 15.5 Å². The summed E-state index contributed by atoms with van der Waals surface area (Å²) in [6, 6.07) is 9.45. The summed E-state index contributed by atoms with van der Waals surface area (Å²) in [5.74, 6) is 0.435. The summed E-state index contributed by atoms with van der Waals surface area (Å²) < 4.78 is 5.14. The molecule has 3 rings (SSSR count). The Balaban J connectivity index is 1.65. The average molecular weight is 350 g/mol. The van der Waals surface area contributed by atoms with Crippen LogP contribution < -0.4 is 5.32 Å². The molecule has 1 amide bonds. The lowest BCUT2D eigenvalue weighted by Crippen LogP contribution is -2.25. The molecule has 0 spiro atoms. The fraction of sp³-hybridized carbons (Fsp3) is 0.350. The van der Waals surface area contributed by atoms with Crippen molar-refractivity contribution in [1.29, 1.82) is 5.26 Å². The molecule has 0 atom stereocenters. The zero-order valence-corrected chi connectivity index (χ0v) is 15.2. The molecule has 0 bridgehead atoms. The van der Waals surface area contributed by atoms with Crippen molar-refractivity contribution in [3.8, 4) is 6.07 Å². The van der Waals surface area contributed by atoms with E-state index in [9.17, 15) is 4.79 Å². The molecule has 2 aromatic heterocycles. The molecular weight excluding hydrogens is 328 g/mol. The van der Waals surface area contributed by atoms with E-state index in [1.54, 1.807) is 12.1 Å². The minimum absolute atomic E-state index is 0.239. The van der Waals surface area contributed by atoms with Gasteiger partial charge in [0.25, 0.3) is 5.91 Å². The number of rotatable bonds is 6. The molecule has 2 heterocycles. The number of carbonyl (C=O) groups is 1. The van der Waals surface area contributed by atoms with E-state index >= 15 is 0 Å². The van der Waals surface area contributed by atoms with Gasteiger partial charge in [0.2, 0.25) is 5.76 Å². The van der Waals surface area contributed by atoms with Crippen molar-refractivity contribution in [3.63, 3.8) is 0 Å². The first-order valence-corrected chi connectivity index (χ1v) is 8.73. The molecule has 134 valence electrons. The molecule has 0 aliphatic heterocycles. The van der Waals surface area contributed by atoms with Crippen molar-refractivity contribution in [2.45, 2.75) is 33.6 Å². The molecule has 0 unspecified atom stereocenters. The van der Waals surface area contributed by atoms with E-state index in [0.717, 1.165) is 34.3 Å². The molecule has 1 aromatic carbocycles. The van der Waals surface area contributed by atoms with Gasteiger partial charge in [-0.2, -0.15) is 5.26 Å². The van der Waals surface area contributed by atoms with E-state index in [4.69, 9.17) is 9.78 Å². The Hall–Kier alpha value is -3.07. The first-order valence-electron chi connectivity index (χ1n) is 8.73. The van der Waals surface area contributed by atoms with Gasteiger partial charge in [-0.15, -0.1) is 0 Å². The predicted molar refractivity (Wildman–Crippen MR) is 98.8 cm³/mol. The number of nitrogens with zero attached hydrogens (tertiary/aromatic N) is 2. The molecule has 6 heteroatoms. The lowest BCUT2D eigenvalue weighted by atomic mass is 10.1. The highest BCUT2D eigenvalue weighted by Crippen LogP contribution is 2.23. The Kier molecular flexibility index (Phi) is 5.08. The summed E-state index contributed by atoms with van der Waals surface area (Å²) in [5, 5.41) is 16.9. The van der Waals surface area contributed by atoms with E-state index in [1.807, 2.05) is 19.1 Å². The fourth-order valence-corrected chi connectivity index (χ4v) is 3.10. The number of amides is 1. The number of carbonyl (C=O) groups excluding carboxylic acids is 1. The lowest BCUT2D eigenvalue weighted by molar-refractivity contribution is 0.0917. The van der Waals surface area contributed by atoms with Crippen molar-refractivity contribution in [3.05, 3.63) is 52.5 Å². The molecule has 2 N–H and O–H groups in total. The highest BCUT2D eigenvalue weighted by Gasteiger charge is 2.14. The third-order valence-electron chi connectivity index (χ3n) is 4.31. The lowest BCUT2D eigenvalue weighted by Gasteiger charge is -2.04. The number of aryl methyl sites for hydroxylation is 1. The Morgan fingerprint density at radius 3 is 2.92 bits per heavy atom. The number of hydrogen-bond donors (Lipinski definition) is 2. The minimum atomic E-state index is -0.261. The van der Waals surface area contributed by atoms with Gasteiger partial charge in [0.1, 0.15) is 0 Å².